The van der Waals surface area contributed by atoms with Crippen LogP contribution in [0.3, 0.4) is 0 Å². The van der Waals surface area contributed by atoms with Crippen molar-refractivity contribution in [3.63, 3.8) is 0 Å². The summed E-state index contributed by atoms with van der Waals surface area (Å²) in [7, 11) is 0. The van der Waals surface area contributed by atoms with Crippen LogP contribution in [-0.2, 0) is 6.54 Å². The van der Waals surface area contributed by atoms with E-state index in [4.69, 9.17) is 0 Å². The van der Waals surface area contributed by atoms with Gasteiger partial charge < -0.3 is 0 Å². The topological polar surface area (TPSA) is 30.7 Å². The van der Waals surface area contributed by atoms with E-state index in [9.17, 15) is 0 Å². The van der Waals surface area contributed by atoms with Gasteiger partial charge in [0.1, 0.15) is 4.60 Å². The summed E-state index contributed by atoms with van der Waals surface area (Å²) in [5, 5.41) is 7.69. The summed E-state index contributed by atoms with van der Waals surface area (Å²) in [6, 6.07) is 0. The van der Waals surface area contributed by atoms with E-state index in [0.29, 0.717) is 0 Å². The van der Waals surface area contributed by atoms with Crippen LogP contribution in [0.1, 0.15) is 6.92 Å². The van der Waals surface area contributed by atoms with Crippen LogP contribution in [0.4, 0.5) is 0 Å². The van der Waals surface area contributed by atoms with Gasteiger partial charge in [0.2, 0.25) is 0 Å². The molecule has 9 heavy (non-hydrogen) atoms. The molecular weight excluding hydrogens is 297 g/mol. The van der Waals surface area contributed by atoms with Crippen LogP contribution in [-0.4, -0.2) is 15.0 Å². The number of halogens is 2. The second kappa shape index (κ2) is 2.96. The van der Waals surface area contributed by atoms with Crippen LogP contribution in [0.25, 0.3) is 0 Å². The van der Waals surface area contributed by atoms with Crippen molar-refractivity contribution in [3.8, 4) is 0 Å². The lowest BCUT2D eigenvalue weighted by atomic mass is 10.7. The summed E-state index contributed by atoms with van der Waals surface area (Å²) in [5.74, 6) is 0. The normalized spacial score (nSPS) is 10.1. The highest BCUT2D eigenvalue weighted by molar-refractivity contribution is 14.1. The zero-order chi connectivity index (χ0) is 6.85. The molecule has 0 aliphatic rings. The third kappa shape index (κ3) is 1.43. The number of nitrogens with zero attached hydrogens (tertiary/aromatic N) is 3. The van der Waals surface area contributed by atoms with E-state index >= 15 is 0 Å². The Kier molecular flexibility index (Phi) is 2.45. The van der Waals surface area contributed by atoms with Crippen molar-refractivity contribution < 1.29 is 0 Å². The SMILES string of the molecule is CCn1nnc(I)c1Br. The maximum atomic E-state index is 3.85. The van der Waals surface area contributed by atoms with E-state index in [0.717, 1.165) is 14.8 Å². The number of hydrogen-bond donors (Lipinski definition) is 0. The fourth-order valence-electron chi connectivity index (χ4n) is 0.482. The molecule has 0 aromatic carbocycles. The molecular formula is C4H5BrIN3. The maximum Gasteiger partial charge on any atom is 0.157 e. The van der Waals surface area contributed by atoms with Gasteiger partial charge in [0.25, 0.3) is 0 Å². The molecule has 0 aliphatic carbocycles. The van der Waals surface area contributed by atoms with Crippen LogP contribution < -0.4 is 0 Å². The van der Waals surface area contributed by atoms with Crippen LogP contribution >= 0.6 is 38.5 Å². The highest BCUT2D eigenvalue weighted by atomic mass is 127. The van der Waals surface area contributed by atoms with Gasteiger partial charge in [0.05, 0.1) is 0 Å². The first kappa shape index (κ1) is 7.46. The Morgan fingerprint density at radius 1 is 1.78 bits per heavy atom. The molecule has 0 fully saturated rings. The monoisotopic (exact) mass is 301 g/mol. The number of rotatable bonds is 1. The zero-order valence-corrected chi connectivity index (χ0v) is 8.55. The summed E-state index contributed by atoms with van der Waals surface area (Å²) >= 11 is 5.47. The maximum absolute atomic E-state index is 3.85. The van der Waals surface area contributed by atoms with Crippen molar-refractivity contribution in [3.05, 3.63) is 8.30 Å². The first-order valence-corrected chi connectivity index (χ1v) is 4.37. The third-order valence-electron chi connectivity index (χ3n) is 0.937. The highest BCUT2D eigenvalue weighted by Crippen LogP contribution is 2.14. The molecule has 0 N–H and O–H groups in total. The molecule has 1 aromatic heterocycles. The molecule has 0 aliphatic heterocycles. The lowest BCUT2D eigenvalue weighted by Crippen LogP contribution is -1.95. The summed E-state index contributed by atoms with van der Waals surface area (Å²) in [6.45, 7) is 2.88. The summed E-state index contributed by atoms with van der Waals surface area (Å²) in [4.78, 5) is 0. The molecule has 1 aromatic rings. The minimum absolute atomic E-state index is 0.858. The van der Waals surface area contributed by atoms with Crippen molar-refractivity contribution in [1.82, 2.24) is 15.0 Å². The van der Waals surface area contributed by atoms with Gasteiger partial charge in [-0.15, -0.1) is 5.10 Å². The average molecular weight is 302 g/mol. The molecule has 0 spiro atoms. The van der Waals surface area contributed by atoms with Gasteiger partial charge in [-0.25, -0.2) is 4.68 Å². The van der Waals surface area contributed by atoms with Crippen LogP contribution in [0.15, 0.2) is 4.60 Å². The molecule has 0 bridgehead atoms. The molecule has 1 heterocycles. The Morgan fingerprint density at radius 2 is 2.44 bits per heavy atom. The average Bonchev–Trinajstić information content (AvgIpc) is 2.15. The van der Waals surface area contributed by atoms with Gasteiger partial charge in [0.15, 0.2) is 3.70 Å². The van der Waals surface area contributed by atoms with Crippen molar-refractivity contribution >= 4 is 38.5 Å². The molecule has 3 nitrogen and oxygen atoms in total. The molecule has 5 heteroatoms. The van der Waals surface area contributed by atoms with Gasteiger partial charge in [-0.3, -0.25) is 0 Å². The van der Waals surface area contributed by atoms with E-state index in [1.807, 2.05) is 6.92 Å². The van der Waals surface area contributed by atoms with E-state index < -0.39 is 0 Å². The highest BCUT2D eigenvalue weighted by Gasteiger charge is 2.02. The zero-order valence-electron chi connectivity index (χ0n) is 4.80. The van der Waals surface area contributed by atoms with Crippen molar-refractivity contribution in [2.24, 2.45) is 0 Å². The molecule has 50 valence electrons. The second-order valence-electron chi connectivity index (χ2n) is 1.49. The summed E-state index contributed by atoms with van der Waals surface area (Å²) < 4.78 is 3.67. The Labute approximate surface area is 75.1 Å². The van der Waals surface area contributed by atoms with E-state index in [1.54, 1.807) is 4.68 Å². The van der Waals surface area contributed by atoms with Gasteiger partial charge >= 0.3 is 0 Å². The van der Waals surface area contributed by atoms with Crippen LogP contribution in [0.5, 0.6) is 0 Å². The van der Waals surface area contributed by atoms with Gasteiger partial charge in [-0.1, -0.05) is 5.21 Å². The third-order valence-corrected chi connectivity index (χ3v) is 3.19. The van der Waals surface area contributed by atoms with Crippen molar-refractivity contribution in [1.29, 1.82) is 0 Å². The Bertz CT molecular complexity index is 210. The number of aryl methyl sites for hydroxylation is 1. The molecule has 0 unspecified atom stereocenters. The Hall–Kier alpha value is 0.350. The lowest BCUT2D eigenvalue weighted by molar-refractivity contribution is 0.615. The first-order chi connectivity index (χ1) is 4.25. The fraction of sp³-hybridized carbons (Fsp3) is 0.500. The smallest absolute Gasteiger partial charge is 0.157 e. The van der Waals surface area contributed by atoms with Crippen molar-refractivity contribution in [2.75, 3.05) is 0 Å². The van der Waals surface area contributed by atoms with E-state index in [1.165, 1.54) is 0 Å². The minimum Gasteiger partial charge on any atom is -0.237 e. The van der Waals surface area contributed by atoms with E-state index in [2.05, 4.69) is 48.8 Å². The second-order valence-corrected chi connectivity index (χ2v) is 3.26. The molecule has 0 saturated heterocycles. The largest absolute Gasteiger partial charge is 0.237 e. The standard InChI is InChI=1S/C4H5BrIN3/c1-2-9-3(5)4(6)7-8-9/h2H2,1H3. The quantitative estimate of drug-likeness (QED) is 0.739. The van der Waals surface area contributed by atoms with Gasteiger partial charge in [-0.2, -0.15) is 0 Å². The predicted molar refractivity (Wildman–Crippen MR) is 46.1 cm³/mol. The molecule has 0 radical (unpaired) electrons. The van der Waals surface area contributed by atoms with Gasteiger partial charge in [0, 0.05) is 6.54 Å². The molecule has 1 rings (SSSR count). The molecule has 0 atom stereocenters. The lowest BCUT2D eigenvalue weighted by Gasteiger charge is -1.91. The fourth-order valence-corrected chi connectivity index (χ4v) is 1.26. The van der Waals surface area contributed by atoms with Crippen LogP contribution in [0, 0.1) is 3.70 Å². The summed E-state index contributed by atoms with van der Waals surface area (Å²) in [5.41, 5.74) is 0. The minimum atomic E-state index is 0.858. The molecule has 0 saturated carbocycles. The van der Waals surface area contributed by atoms with E-state index in [-0.39, 0.29) is 0 Å². The summed E-state index contributed by atoms with van der Waals surface area (Å²) in [6.07, 6.45) is 0. The Morgan fingerprint density at radius 3 is 2.67 bits per heavy atom. The van der Waals surface area contributed by atoms with Crippen LogP contribution in [0.2, 0.25) is 0 Å². The van der Waals surface area contributed by atoms with Gasteiger partial charge in [-0.05, 0) is 45.4 Å². The molecule has 0 amide bonds. The number of aromatic nitrogens is 3. The van der Waals surface area contributed by atoms with Crippen molar-refractivity contribution in [2.45, 2.75) is 13.5 Å². The number of hydrogen-bond acceptors (Lipinski definition) is 2. The Balaban J connectivity index is 3.04. The predicted octanol–water partition coefficient (Wildman–Crippen LogP) is 1.67. The first-order valence-electron chi connectivity index (χ1n) is 2.50.